The SMILES string of the molecule is CCC(C)C(NC(=O)C(Cc1ccc(O)cc1)NC(=O)C(C)N)C(=O)NC(Cc1c[nH]c2ccccc12)C(=O)O. The zero-order valence-corrected chi connectivity index (χ0v) is 22.8. The van der Waals surface area contributed by atoms with Crippen LogP contribution in [0.1, 0.15) is 38.3 Å². The number of carbonyl (C=O) groups is 4. The quantitative estimate of drug-likeness (QED) is 0.168. The second-order valence-electron chi connectivity index (χ2n) is 10.1. The van der Waals surface area contributed by atoms with Crippen LogP contribution in [0.25, 0.3) is 10.9 Å². The zero-order valence-electron chi connectivity index (χ0n) is 22.8. The molecule has 0 aliphatic heterocycles. The molecule has 3 aromatic rings. The van der Waals surface area contributed by atoms with Crippen LogP contribution in [0, 0.1) is 5.92 Å². The number of aliphatic carboxylic acids is 1. The van der Waals surface area contributed by atoms with Crippen molar-refractivity contribution in [2.24, 2.45) is 11.7 Å². The lowest BCUT2D eigenvalue weighted by Crippen LogP contribution is -2.59. The summed E-state index contributed by atoms with van der Waals surface area (Å²) in [4.78, 5) is 54.4. The van der Waals surface area contributed by atoms with Gasteiger partial charge in [0.15, 0.2) is 0 Å². The number of phenolic OH excluding ortho intramolecular Hbond substituents is 1. The Kier molecular flexibility index (Phi) is 10.3. The number of hydrogen-bond donors (Lipinski definition) is 7. The van der Waals surface area contributed by atoms with Crippen molar-refractivity contribution in [3.63, 3.8) is 0 Å². The van der Waals surface area contributed by atoms with Gasteiger partial charge in [0, 0.05) is 29.9 Å². The van der Waals surface area contributed by atoms with E-state index < -0.39 is 47.9 Å². The molecule has 3 rings (SSSR count). The van der Waals surface area contributed by atoms with Crippen molar-refractivity contribution in [2.75, 3.05) is 0 Å². The van der Waals surface area contributed by atoms with E-state index in [0.717, 1.165) is 16.5 Å². The van der Waals surface area contributed by atoms with Crippen LogP contribution in [0.5, 0.6) is 5.75 Å². The highest BCUT2D eigenvalue weighted by atomic mass is 16.4. The van der Waals surface area contributed by atoms with E-state index in [4.69, 9.17) is 5.73 Å². The molecule has 8 N–H and O–H groups in total. The van der Waals surface area contributed by atoms with Crippen molar-refractivity contribution in [1.29, 1.82) is 0 Å². The molecule has 0 saturated heterocycles. The van der Waals surface area contributed by atoms with Crippen LogP contribution in [0.2, 0.25) is 0 Å². The normalized spacial score (nSPS) is 14.9. The Morgan fingerprint density at radius 2 is 1.52 bits per heavy atom. The number of phenols is 1. The molecular weight excluding hydrogens is 514 g/mol. The lowest BCUT2D eigenvalue weighted by atomic mass is 9.96. The number of nitrogens with two attached hydrogens (primary N) is 1. The molecule has 0 spiro atoms. The first-order valence-corrected chi connectivity index (χ1v) is 13.2. The van der Waals surface area contributed by atoms with Crippen molar-refractivity contribution in [3.05, 3.63) is 65.9 Å². The number of para-hydroxylation sites is 1. The standard InChI is InChI=1S/C29H37N5O6/c1-4-16(2)25(28(38)33-24(29(39)40)14-19-15-31-22-8-6-5-7-21(19)22)34-27(37)23(32-26(36)17(3)30)13-18-9-11-20(35)12-10-18/h5-12,15-17,23-25,31,35H,4,13-14,30H2,1-3H3,(H,32,36)(H,33,38)(H,34,37)(H,39,40). The minimum absolute atomic E-state index is 0.0418. The number of aromatic amines is 1. The molecule has 0 saturated carbocycles. The van der Waals surface area contributed by atoms with E-state index in [1.54, 1.807) is 25.3 Å². The first-order valence-electron chi connectivity index (χ1n) is 13.2. The van der Waals surface area contributed by atoms with E-state index in [9.17, 15) is 29.4 Å². The van der Waals surface area contributed by atoms with Gasteiger partial charge in [-0.25, -0.2) is 4.79 Å². The minimum atomic E-state index is -1.24. The predicted molar refractivity (Wildman–Crippen MR) is 150 cm³/mol. The Morgan fingerprint density at radius 3 is 2.15 bits per heavy atom. The maximum absolute atomic E-state index is 13.4. The summed E-state index contributed by atoms with van der Waals surface area (Å²) >= 11 is 0. The number of aromatic nitrogens is 1. The number of fused-ring (bicyclic) bond motifs is 1. The fourth-order valence-electron chi connectivity index (χ4n) is 4.32. The summed E-state index contributed by atoms with van der Waals surface area (Å²) in [7, 11) is 0. The molecule has 0 fully saturated rings. The number of aromatic hydroxyl groups is 1. The average molecular weight is 552 g/mol. The van der Waals surface area contributed by atoms with Crippen LogP contribution in [0.4, 0.5) is 0 Å². The maximum Gasteiger partial charge on any atom is 0.326 e. The van der Waals surface area contributed by atoms with Gasteiger partial charge in [0.25, 0.3) is 0 Å². The van der Waals surface area contributed by atoms with Crippen LogP contribution in [0.3, 0.4) is 0 Å². The van der Waals surface area contributed by atoms with Gasteiger partial charge in [0.2, 0.25) is 17.7 Å². The van der Waals surface area contributed by atoms with Gasteiger partial charge in [-0.15, -0.1) is 0 Å². The third-order valence-corrected chi connectivity index (χ3v) is 6.93. The molecule has 0 bridgehead atoms. The summed E-state index contributed by atoms with van der Waals surface area (Å²) in [5.74, 6) is -3.30. The molecular formula is C29H37N5O6. The van der Waals surface area contributed by atoms with Crippen molar-refractivity contribution < 1.29 is 29.4 Å². The summed E-state index contributed by atoms with van der Waals surface area (Å²) in [6.45, 7) is 5.11. The topological polar surface area (TPSA) is 187 Å². The lowest BCUT2D eigenvalue weighted by molar-refractivity contribution is -0.142. The molecule has 2 aromatic carbocycles. The summed E-state index contributed by atoms with van der Waals surface area (Å²) in [6.07, 6.45) is 2.36. The van der Waals surface area contributed by atoms with E-state index >= 15 is 0 Å². The highest BCUT2D eigenvalue weighted by Crippen LogP contribution is 2.20. The first-order chi connectivity index (χ1) is 19.0. The van der Waals surface area contributed by atoms with Crippen LogP contribution >= 0.6 is 0 Å². The van der Waals surface area contributed by atoms with Crippen molar-refractivity contribution in [3.8, 4) is 5.75 Å². The van der Waals surface area contributed by atoms with Gasteiger partial charge >= 0.3 is 5.97 Å². The zero-order chi connectivity index (χ0) is 29.4. The molecule has 1 heterocycles. The lowest BCUT2D eigenvalue weighted by Gasteiger charge is -2.28. The Hall–Kier alpha value is -4.38. The maximum atomic E-state index is 13.4. The van der Waals surface area contributed by atoms with Gasteiger partial charge in [0.05, 0.1) is 6.04 Å². The van der Waals surface area contributed by atoms with Gasteiger partial charge < -0.3 is 36.9 Å². The van der Waals surface area contributed by atoms with Crippen LogP contribution in [-0.2, 0) is 32.0 Å². The molecule has 5 unspecified atom stereocenters. The third kappa shape index (κ3) is 7.82. The fraction of sp³-hybridized carbons (Fsp3) is 0.379. The number of H-pyrrole nitrogens is 1. The Bertz CT molecular complexity index is 1340. The molecule has 40 heavy (non-hydrogen) atoms. The Morgan fingerprint density at radius 1 is 0.875 bits per heavy atom. The summed E-state index contributed by atoms with van der Waals surface area (Å²) < 4.78 is 0. The first kappa shape index (κ1) is 30.2. The summed E-state index contributed by atoms with van der Waals surface area (Å²) in [5, 5.41) is 28.3. The van der Waals surface area contributed by atoms with Crippen LogP contribution in [0.15, 0.2) is 54.7 Å². The Labute approximate surface area is 232 Å². The molecule has 11 nitrogen and oxygen atoms in total. The molecule has 3 amide bonds. The van der Waals surface area contributed by atoms with Gasteiger partial charge in [-0.3, -0.25) is 14.4 Å². The van der Waals surface area contributed by atoms with Gasteiger partial charge in [-0.1, -0.05) is 50.6 Å². The molecule has 5 atom stereocenters. The van der Waals surface area contributed by atoms with E-state index in [2.05, 4.69) is 20.9 Å². The van der Waals surface area contributed by atoms with E-state index in [1.807, 2.05) is 31.2 Å². The average Bonchev–Trinajstić information content (AvgIpc) is 3.34. The Balaban J connectivity index is 1.79. The number of nitrogens with one attached hydrogen (secondary N) is 4. The van der Waals surface area contributed by atoms with E-state index in [-0.39, 0.29) is 24.5 Å². The number of rotatable bonds is 13. The third-order valence-electron chi connectivity index (χ3n) is 6.93. The second-order valence-corrected chi connectivity index (χ2v) is 10.1. The number of hydrogen-bond acceptors (Lipinski definition) is 6. The van der Waals surface area contributed by atoms with E-state index in [0.29, 0.717) is 12.0 Å². The molecule has 1 aromatic heterocycles. The van der Waals surface area contributed by atoms with E-state index in [1.165, 1.54) is 19.1 Å². The van der Waals surface area contributed by atoms with Crippen LogP contribution in [-0.4, -0.2) is 63.1 Å². The predicted octanol–water partition coefficient (Wildman–Crippen LogP) is 1.59. The second kappa shape index (κ2) is 13.6. The number of benzene rings is 2. The van der Waals surface area contributed by atoms with Gasteiger partial charge in [-0.05, 0) is 42.2 Å². The molecule has 0 aliphatic carbocycles. The molecule has 11 heteroatoms. The highest BCUT2D eigenvalue weighted by molar-refractivity contribution is 5.94. The smallest absolute Gasteiger partial charge is 0.326 e. The monoisotopic (exact) mass is 551 g/mol. The van der Waals surface area contributed by atoms with Gasteiger partial charge in [0.1, 0.15) is 23.9 Å². The minimum Gasteiger partial charge on any atom is -0.508 e. The largest absolute Gasteiger partial charge is 0.508 e. The van der Waals surface area contributed by atoms with Crippen molar-refractivity contribution in [2.45, 2.75) is 64.2 Å². The number of amides is 3. The fourth-order valence-corrected chi connectivity index (χ4v) is 4.32. The summed E-state index contributed by atoms with van der Waals surface area (Å²) in [5.41, 5.74) is 7.94. The molecule has 214 valence electrons. The van der Waals surface area contributed by atoms with Crippen molar-refractivity contribution in [1.82, 2.24) is 20.9 Å². The summed E-state index contributed by atoms with van der Waals surface area (Å²) in [6, 6.07) is 9.40. The molecule has 0 aliphatic rings. The highest BCUT2D eigenvalue weighted by Gasteiger charge is 2.33. The van der Waals surface area contributed by atoms with Gasteiger partial charge in [-0.2, -0.15) is 0 Å². The number of carboxylic acid groups (broad SMARTS) is 1. The molecule has 0 radical (unpaired) electrons. The van der Waals surface area contributed by atoms with Crippen molar-refractivity contribution >= 4 is 34.6 Å². The number of carboxylic acids is 1. The van der Waals surface area contributed by atoms with Crippen LogP contribution < -0.4 is 21.7 Å². The number of carbonyl (C=O) groups excluding carboxylic acids is 3.